The fourth-order valence-electron chi connectivity index (χ4n) is 2.59. The molecule has 0 saturated carbocycles. The minimum atomic E-state index is -0.354. The fraction of sp³-hybridized carbons (Fsp3) is 0.105. The van der Waals surface area contributed by atoms with Gasteiger partial charge in [-0.1, -0.05) is 0 Å². The Morgan fingerprint density at radius 3 is 2.67 bits per heavy atom. The molecule has 3 rings (SSSR count). The van der Waals surface area contributed by atoms with E-state index in [4.69, 9.17) is 0 Å². The molecule has 8 heteroatoms. The zero-order valence-electron chi connectivity index (χ0n) is 14.6. The molecule has 0 saturated heterocycles. The van der Waals surface area contributed by atoms with Gasteiger partial charge in [0.2, 0.25) is 0 Å². The average molecular weight is 535 g/mol. The standard InChI is InChI=1S/C19H15AsIN3O3/c1-11-6-7-13(19(26)23-27-2)9-16(11)24-18(20)15(10-22-24)17(25)12-4-3-5-14(21)8-12/h3-10H,1-2H3,(H,23,26). The van der Waals surface area contributed by atoms with Crippen LogP contribution in [0.15, 0.2) is 48.7 Å². The number of benzene rings is 2. The Balaban J connectivity index is 2.02. The summed E-state index contributed by atoms with van der Waals surface area (Å²) in [6, 6.07) is 12.7. The topological polar surface area (TPSA) is 73.2 Å². The van der Waals surface area contributed by atoms with Crippen molar-refractivity contribution in [3.8, 4) is 5.69 Å². The van der Waals surface area contributed by atoms with Crippen LogP contribution in [0.25, 0.3) is 5.69 Å². The number of ketones is 1. The summed E-state index contributed by atoms with van der Waals surface area (Å²) in [5.41, 5.74) is 5.49. The maximum absolute atomic E-state index is 12.9. The van der Waals surface area contributed by atoms with Crippen LogP contribution < -0.4 is 9.96 Å². The first-order valence-corrected chi connectivity index (χ1v) is 9.95. The zero-order chi connectivity index (χ0) is 19.6. The van der Waals surface area contributed by atoms with Gasteiger partial charge in [-0.05, 0) is 0 Å². The maximum atomic E-state index is 12.9. The minimum absolute atomic E-state index is 0.0960. The number of rotatable bonds is 5. The van der Waals surface area contributed by atoms with Crippen molar-refractivity contribution in [2.75, 3.05) is 7.11 Å². The number of halogens is 1. The number of hydrogen-bond donors (Lipinski definition) is 1. The van der Waals surface area contributed by atoms with Gasteiger partial charge in [0.25, 0.3) is 0 Å². The van der Waals surface area contributed by atoms with Crippen molar-refractivity contribution < 1.29 is 14.4 Å². The van der Waals surface area contributed by atoms with Gasteiger partial charge in [-0.2, -0.15) is 0 Å². The Hall–Kier alpha value is -1.96. The Bertz CT molecular complexity index is 1030. The molecule has 0 fully saturated rings. The number of carbonyl (C=O) groups is 2. The Morgan fingerprint density at radius 2 is 1.96 bits per heavy atom. The SMILES string of the molecule is CONC(=O)c1ccc(C)c(-n2ncc(C(=O)c3cccc(I)c3)c2[As])c1. The van der Waals surface area contributed by atoms with Crippen LogP contribution in [0.4, 0.5) is 0 Å². The number of aromatic nitrogens is 2. The first-order valence-electron chi connectivity index (χ1n) is 7.94. The predicted molar refractivity (Wildman–Crippen MR) is 111 cm³/mol. The summed E-state index contributed by atoms with van der Waals surface area (Å²) < 4.78 is 3.30. The van der Waals surface area contributed by atoms with Gasteiger partial charge in [0.15, 0.2) is 0 Å². The van der Waals surface area contributed by atoms with E-state index < -0.39 is 0 Å². The summed E-state index contributed by atoms with van der Waals surface area (Å²) >= 11 is 4.57. The second-order valence-corrected chi connectivity index (χ2v) is 7.90. The number of amides is 1. The summed E-state index contributed by atoms with van der Waals surface area (Å²) in [6.45, 7) is 1.92. The summed E-state index contributed by atoms with van der Waals surface area (Å²) in [6.07, 6.45) is 1.55. The van der Waals surface area contributed by atoms with Crippen molar-refractivity contribution in [2.24, 2.45) is 0 Å². The second-order valence-electron chi connectivity index (χ2n) is 5.77. The monoisotopic (exact) mass is 535 g/mol. The average Bonchev–Trinajstić information content (AvgIpc) is 3.03. The first-order chi connectivity index (χ1) is 12.9. The second kappa shape index (κ2) is 8.37. The van der Waals surface area contributed by atoms with E-state index in [0.717, 1.165) is 14.8 Å². The van der Waals surface area contributed by atoms with E-state index in [1.807, 2.05) is 31.2 Å². The summed E-state index contributed by atoms with van der Waals surface area (Å²) in [5, 5.41) is 4.38. The molecule has 136 valence electrons. The quantitative estimate of drug-likeness (QED) is 0.235. The van der Waals surface area contributed by atoms with E-state index in [0.29, 0.717) is 21.2 Å². The van der Waals surface area contributed by atoms with Crippen LogP contribution in [0, 0.1) is 10.5 Å². The molecule has 1 amide bonds. The number of nitrogens with one attached hydrogen (secondary N) is 1. The molecule has 0 aliphatic carbocycles. The molecular weight excluding hydrogens is 520 g/mol. The number of carbonyl (C=O) groups excluding carboxylic acids is 2. The number of aryl methyl sites for hydroxylation is 1. The molecule has 1 aromatic heterocycles. The van der Waals surface area contributed by atoms with Crippen LogP contribution in [0.1, 0.15) is 31.8 Å². The van der Waals surface area contributed by atoms with Crippen molar-refractivity contribution in [3.63, 3.8) is 0 Å². The Labute approximate surface area is 178 Å². The molecule has 3 aromatic rings. The normalized spacial score (nSPS) is 10.7. The van der Waals surface area contributed by atoms with E-state index in [9.17, 15) is 9.59 Å². The van der Waals surface area contributed by atoms with E-state index in [1.165, 1.54) is 7.11 Å². The molecule has 1 N–H and O–H groups in total. The van der Waals surface area contributed by atoms with Crippen molar-refractivity contribution in [1.82, 2.24) is 15.3 Å². The van der Waals surface area contributed by atoms with Gasteiger partial charge in [-0.25, -0.2) is 0 Å². The molecule has 0 aliphatic rings. The molecule has 0 spiro atoms. The molecule has 0 atom stereocenters. The van der Waals surface area contributed by atoms with Gasteiger partial charge in [0.05, 0.1) is 0 Å². The van der Waals surface area contributed by atoms with Crippen LogP contribution in [-0.2, 0) is 4.84 Å². The molecule has 2 radical (unpaired) electrons. The summed E-state index contributed by atoms with van der Waals surface area (Å²) in [7, 11) is 1.38. The third-order valence-electron chi connectivity index (χ3n) is 3.97. The first kappa shape index (κ1) is 19.8. The van der Waals surface area contributed by atoms with Crippen molar-refractivity contribution in [1.29, 1.82) is 0 Å². The molecule has 2 aromatic carbocycles. The molecule has 0 aliphatic heterocycles. The summed E-state index contributed by atoms with van der Waals surface area (Å²) in [4.78, 5) is 29.6. The summed E-state index contributed by atoms with van der Waals surface area (Å²) in [5.74, 6) is -0.450. The van der Waals surface area contributed by atoms with Crippen LogP contribution in [0.3, 0.4) is 0 Å². The molecule has 0 bridgehead atoms. The van der Waals surface area contributed by atoms with E-state index in [-0.39, 0.29) is 11.7 Å². The number of hydrogen-bond acceptors (Lipinski definition) is 4. The van der Waals surface area contributed by atoms with Crippen molar-refractivity contribution in [3.05, 3.63) is 74.5 Å². The van der Waals surface area contributed by atoms with E-state index >= 15 is 0 Å². The molecule has 1 heterocycles. The molecule has 27 heavy (non-hydrogen) atoms. The molecule has 0 unspecified atom stereocenters. The van der Waals surface area contributed by atoms with Crippen LogP contribution in [0.2, 0.25) is 0 Å². The third kappa shape index (κ3) is 4.15. The van der Waals surface area contributed by atoms with Gasteiger partial charge < -0.3 is 0 Å². The zero-order valence-corrected chi connectivity index (χ0v) is 18.6. The molecular formula is C19H15AsIN3O3. The van der Waals surface area contributed by atoms with Crippen LogP contribution >= 0.6 is 22.6 Å². The van der Waals surface area contributed by atoms with Crippen molar-refractivity contribution >= 4 is 55.6 Å². The predicted octanol–water partition coefficient (Wildman–Crippen LogP) is 2.10. The third-order valence-corrected chi connectivity index (χ3v) is 5.54. The Kier molecular flexibility index (Phi) is 6.14. The van der Waals surface area contributed by atoms with Gasteiger partial charge in [0, 0.05) is 0 Å². The van der Waals surface area contributed by atoms with Crippen LogP contribution in [0.5, 0.6) is 0 Å². The van der Waals surface area contributed by atoms with E-state index in [2.05, 4.69) is 54.9 Å². The van der Waals surface area contributed by atoms with Crippen molar-refractivity contribution in [2.45, 2.75) is 6.92 Å². The fourth-order valence-corrected chi connectivity index (χ4v) is 3.81. The number of nitrogens with zero attached hydrogens (tertiary/aromatic N) is 2. The Morgan fingerprint density at radius 1 is 1.19 bits per heavy atom. The van der Waals surface area contributed by atoms with Gasteiger partial charge >= 0.3 is 180 Å². The molecule has 6 nitrogen and oxygen atoms in total. The van der Waals surface area contributed by atoms with Gasteiger partial charge in [0.1, 0.15) is 0 Å². The number of hydroxylamine groups is 1. The van der Waals surface area contributed by atoms with Gasteiger partial charge in [-0.15, -0.1) is 0 Å². The van der Waals surface area contributed by atoms with Gasteiger partial charge in [-0.3, -0.25) is 0 Å². The van der Waals surface area contributed by atoms with Crippen LogP contribution in [-0.4, -0.2) is 45.4 Å². The van der Waals surface area contributed by atoms with E-state index in [1.54, 1.807) is 29.1 Å².